The van der Waals surface area contributed by atoms with Gasteiger partial charge in [0.05, 0.1) is 0 Å². The van der Waals surface area contributed by atoms with Crippen molar-refractivity contribution in [2.24, 2.45) is 5.92 Å². The Kier molecular flexibility index (Phi) is 6.90. The fourth-order valence-corrected chi connectivity index (χ4v) is 5.02. The van der Waals surface area contributed by atoms with Crippen LogP contribution in [-0.2, 0) is 11.4 Å². The maximum atomic E-state index is 12.8. The minimum Gasteiger partial charge on any atom is -0.486 e. The van der Waals surface area contributed by atoms with Gasteiger partial charge in [-0.3, -0.25) is 9.59 Å². The zero-order valence-corrected chi connectivity index (χ0v) is 19.1. The number of benzene rings is 1. The van der Waals surface area contributed by atoms with Crippen molar-refractivity contribution < 1.29 is 14.3 Å². The van der Waals surface area contributed by atoms with Crippen LogP contribution < -0.4 is 15.4 Å². The fourth-order valence-electron chi connectivity index (χ4n) is 4.33. The van der Waals surface area contributed by atoms with Crippen LogP contribution in [0.3, 0.4) is 0 Å². The van der Waals surface area contributed by atoms with E-state index in [9.17, 15) is 9.59 Å². The van der Waals surface area contributed by atoms with Gasteiger partial charge in [-0.2, -0.15) is 0 Å². The normalized spacial score (nSPS) is 21.2. The summed E-state index contributed by atoms with van der Waals surface area (Å²) in [6.45, 7) is 4.42. The first kappa shape index (κ1) is 21.8. The van der Waals surface area contributed by atoms with Gasteiger partial charge in [0, 0.05) is 23.4 Å². The van der Waals surface area contributed by atoms with E-state index >= 15 is 0 Å². The first-order chi connectivity index (χ1) is 15.0. The molecule has 6 nitrogen and oxygen atoms in total. The van der Waals surface area contributed by atoms with Gasteiger partial charge in [-0.15, -0.1) is 11.3 Å². The average molecular weight is 442 g/mol. The van der Waals surface area contributed by atoms with Crippen molar-refractivity contribution in [1.29, 1.82) is 0 Å². The van der Waals surface area contributed by atoms with Crippen molar-refractivity contribution in [2.75, 3.05) is 0 Å². The highest BCUT2D eigenvalue weighted by molar-refractivity contribution is 7.09. The Morgan fingerprint density at radius 2 is 1.68 bits per heavy atom. The van der Waals surface area contributed by atoms with Crippen molar-refractivity contribution in [3.63, 3.8) is 0 Å². The second-order valence-electron chi connectivity index (χ2n) is 8.85. The van der Waals surface area contributed by atoms with Gasteiger partial charge in [0.1, 0.15) is 23.1 Å². The second-order valence-corrected chi connectivity index (χ2v) is 9.79. The number of aryl methyl sites for hydroxylation is 2. The fraction of sp³-hybridized carbons (Fsp3) is 0.542. The van der Waals surface area contributed by atoms with Gasteiger partial charge in [0.25, 0.3) is 5.91 Å². The minimum atomic E-state index is -0.177. The van der Waals surface area contributed by atoms with E-state index in [0.29, 0.717) is 12.3 Å². The number of thiazole rings is 1. The van der Waals surface area contributed by atoms with Crippen LogP contribution in [0.1, 0.15) is 71.6 Å². The summed E-state index contributed by atoms with van der Waals surface area (Å²) in [4.78, 5) is 29.6. The molecule has 166 valence electrons. The second kappa shape index (κ2) is 9.81. The van der Waals surface area contributed by atoms with Crippen LogP contribution in [0.5, 0.6) is 5.75 Å². The van der Waals surface area contributed by atoms with Gasteiger partial charge in [0.15, 0.2) is 0 Å². The molecule has 2 aliphatic carbocycles. The summed E-state index contributed by atoms with van der Waals surface area (Å²) in [5.41, 5.74) is 2.72. The van der Waals surface area contributed by atoms with Crippen molar-refractivity contribution in [3.05, 3.63) is 45.4 Å². The van der Waals surface area contributed by atoms with Gasteiger partial charge in [-0.1, -0.05) is 25.3 Å². The molecule has 0 spiro atoms. The van der Waals surface area contributed by atoms with E-state index in [1.807, 2.05) is 26.0 Å². The van der Waals surface area contributed by atoms with Gasteiger partial charge >= 0.3 is 0 Å². The third kappa shape index (κ3) is 5.64. The molecule has 0 unspecified atom stereocenters. The number of hydrogen-bond donors (Lipinski definition) is 2. The topological polar surface area (TPSA) is 80.3 Å². The Labute approximate surface area is 187 Å². The van der Waals surface area contributed by atoms with Crippen LogP contribution in [0, 0.1) is 19.8 Å². The molecule has 0 saturated heterocycles. The Balaban J connectivity index is 1.32. The van der Waals surface area contributed by atoms with Gasteiger partial charge in [-0.25, -0.2) is 4.98 Å². The molecule has 2 amide bonds. The molecule has 1 aromatic carbocycles. The van der Waals surface area contributed by atoms with Crippen molar-refractivity contribution in [2.45, 2.75) is 77.5 Å². The molecular weight excluding hydrogens is 410 g/mol. The third-order valence-electron chi connectivity index (χ3n) is 6.23. The van der Waals surface area contributed by atoms with E-state index in [4.69, 9.17) is 4.74 Å². The Morgan fingerprint density at radius 1 is 1.00 bits per heavy atom. The Morgan fingerprint density at radius 3 is 2.32 bits per heavy atom. The van der Waals surface area contributed by atoms with Gasteiger partial charge in [-0.05, 0) is 62.8 Å². The average Bonchev–Trinajstić information content (AvgIpc) is 3.15. The number of amides is 2. The Hall–Kier alpha value is -2.41. The lowest BCUT2D eigenvalue weighted by molar-refractivity contribution is -0.128. The van der Waals surface area contributed by atoms with E-state index in [-0.39, 0.29) is 29.8 Å². The van der Waals surface area contributed by atoms with Crippen LogP contribution in [-0.4, -0.2) is 28.9 Å². The van der Waals surface area contributed by atoms with Crippen molar-refractivity contribution in [1.82, 2.24) is 15.6 Å². The number of hydrogen-bond acceptors (Lipinski definition) is 5. The predicted octanol–water partition coefficient (Wildman–Crippen LogP) is 4.30. The highest BCUT2D eigenvalue weighted by atomic mass is 32.1. The molecule has 1 heterocycles. The third-order valence-corrected chi connectivity index (χ3v) is 7.05. The van der Waals surface area contributed by atoms with Crippen LogP contribution in [0.4, 0.5) is 0 Å². The number of nitrogens with zero attached hydrogens (tertiary/aromatic N) is 1. The molecule has 1 aromatic heterocycles. The molecule has 7 heteroatoms. The van der Waals surface area contributed by atoms with E-state index < -0.39 is 0 Å². The van der Waals surface area contributed by atoms with Gasteiger partial charge < -0.3 is 15.4 Å². The summed E-state index contributed by atoms with van der Waals surface area (Å²) < 4.78 is 5.86. The molecule has 4 rings (SSSR count). The highest BCUT2D eigenvalue weighted by Crippen LogP contribution is 2.27. The largest absolute Gasteiger partial charge is 0.486 e. The molecule has 0 aliphatic heterocycles. The quantitative estimate of drug-likeness (QED) is 0.671. The number of carbonyl (C=O) groups is 2. The first-order valence-electron chi connectivity index (χ1n) is 11.2. The van der Waals surface area contributed by atoms with Gasteiger partial charge in [0.2, 0.25) is 5.91 Å². The van der Waals surface area contributed by atoms with E-state index in [0.717, 1.165) is 66.8 Å². The molecule has 2 saturated carbocycles. The summed E-state index contributed by atoms with van der Waals surface area (Å²) in [6, 6.07) is 6.06. The van der Waals surface area contributed by atoms with E-state index in [2.05, 4.69) is 21.7 Å². The highest BCUT2D eigenvalue weighted by Gasteiger charge is 2.32. The van der Waals surface area contributed by atoms with Crippen molar-refractivity contribution in [3.8, 4) is 5.75 Å². The molecule has 2 fully saturated rings. The summed E-state index contributed by atoms with van der Waals surface area (Å²) in [5.74, 6) is 0.947. The molecule has 0 bridgehead atoms. The van der Waals surface area contributed by atoms with Crippen LogP contribution in [0.2, 0.25) is 0 Å². The molecular formula is C24H31N3O3S. The molecule has 0 radical (unpaired) electrons. The molecule has 2 atom stereocenters. The van der Waals surface area contributed by atoms with E-state index in [1.54, 1.807) is 5.38 Å². The Bertz CT molecular complexity index is 918. The summed E-state index contributed by atoms with van der Waals surface area (Å²) in [5, 5.41) is 8.85. The SMILES string of the molecule is Cc1cc(C)cc(OCc2nc(C(=O)N[C@@H]3CCCC[C@@H]3NC(=O)C3CCC3)cs2)c1. The number of ether oxygens (including phenoxy) is 1. The number of carbonyl (C=O) groups excluding carboxylic acids is 2. The first-order valence-corrected chi connectivity index (χ1v) is 12.1. The summed E-state index contributed by atoms with van der Waals surface area (Å²) in [6.07, 6.45) is 7.06. The predicted molar refractivity (Wildman–Crippen MR) is 121 cm³/mol. The molecule has 31 heavy (non-hydrogen) atoms. The standard InChI is InChI=1S/C24H31N3O3S/c1-15-10-16(2)12-18(11-15)30-13-22-25-21(14-31-22)24(29)27-20-9-4-3-8-19(20)26-23(28)17-6-5-7-17/h10-12,14,17,19-20H,3-9,13H2,1-2H3,(H,26,28)(H,27,29)/t19-,20+/m0/s1. The zero-order chi connectivity index (χ0) is 21.8. The lowest BCUT2D eigenvalue weighted by Crippen LogP contribution is -2.54. The van der Waals surface area contributed by atoms with Crippen LogP contribution in [0.25, 0.3) is 0 Å². The lowest BCUT2D eigenvalue weighted by atomic mass is 9.83. The molecule has 2 N–H and O–H groups in total. The minimum absolute atomic E-state index is 0.0109. The maximum Gasteiger partial charge on any atom is 0.271 e. The van der Waals surface area contributed by atoms with Crippen LogP contribution in [0.15, 0.2) is 23.6 Å². The zero-order valence-electron chi connectivity index (χ0n) is 18.3. The summed E-state index contributed by atoms with van der Waals surface area (Å²) >= 11 is 1.43. The number of nitrogens with one attached hydrogen (secondary N) is 2. The van der Waals surface area contributed by atoms with E-state index in [1.165, 1.54) is 11.3 Å². The number of rotatable bonds is 7. The van der Waals surface area contributed by atoms with Crippen LogP contribution >= 0.6 is 11.3 Å². The van der Waals surface area contributed by atoms with Crippen molar-refractivity contribution >= 4 is 23.2 Å². The smallest absolute Gasteiger partial charge is 0.271 e. The summed E-state index contributed by atoms with van der Waals surface area (Å²) in [7, 11) is 0. The molecule has 2 aliphatic rings. The number of aromatic nitrogens is 1. The lowest BCUT2D eigenvalue weighted by Gasteiger charge is -2.35. The molecule has 2 aromatic rings. The maximum absolute atomic E-state index is 12.8. The monoisotopic (exact) mass is 441 g/mol.